The molecule has 0 spiro atoms. The van der Waals surface area contributed by atoms with E-state index in [4.69, 9.17) is 18.9 Å². The smallest absolute Gasteiger partial charge is 0.344 e. The van der Waals surface area contributed by atoms with E-state index in [1.165, 1.54) is 14.2 Å². The van der Waals surface area contributed by atoms with Crippen molar-refractivity contribution in [2.75, 3.05) is 27.4 Å². The third-order valence-electron chi connectivity index (χ3n) is 5.53. The van der Waals surface area contributed by atoms with E-state index in [0.29, 0.717) is 45.7 Å². The number of rotatable bonds is 6. The van der Waals surface area contributed by atoms with E-state index in [2.05, 4.69) is 4.98 Å². The van der Waals surface area contributed by atoms with Gasteiger partial charge in [0, 0.05) is 22.4 Å². The molecule has 0 aliphatic rings. The first-order valence-electron chi connectivity index (χ1n) is 10.1. The minimum atomic E-state index is -0.439. The van der Waals surface area contributed by atoms with Crippen LogP contribution in [0.5, 0.6) is 17.2 Å². The van der Waals surface area contributed by atoms with E-state index in [1.807, 2.05) is 18.2 Å². The minimum Gasteiger partial charge on any atom is -0.493 e. The molecule has 5 rings (SSSR count). The number of aromatic nitrogens is 2. The minimum absolute atomic E-state index is 0.188. The van der Waals surface area contributed by atoms with Gasteiger partial charge < -0.3 is 18.9 Å². The van der Waals surface area contributed by atoms with Gasteiger partial charge in [0.1, 0.15) is 5.75 Å². The maximum absolute atomic E-state index is 13.7. The molecule has 0 saturated carbocycles. The van der Waals surface area contributed by atoms with Crippen LogP contribution in [0, 0.1) is 0 Å². The molecule has 5 aromatic rings. The number of fused-ring (bicyclic) bond motifs is 5. The highest BCUT2D eigenvalue weighted by Crippen LogP contribution is 2.39. The summed E-state index contributed by atoms with van der Waals surface area (Å²) in [5, 5.41) is 2.77. The third kappa shape index (κ3) is 2.80. The maximum Gasteiger partial charge on any atom is 0.344 e. The summed E-state index contributed by atoms with van der Waals surface area (Å²) in [5.74, 6) is 0.912. The van der Waals surface area contributed by atoms with Gasteiger partial charge in [0.2, 0.25) is 0 Å². The molecular weight excluding hydrogens is 412 g/mol. The van der Waals surface area contributed by atoms with Crippen LogP contribution >= 0.6 is 0 Å². The summed E-state index contributed by atoms with van der Waals surface area (Å²) in [7, 11) is 3.04. The second kappa shape index (κ2) is 7.56. The Labute approximate surface area is 182 Å². The van der Waals surface area contributed by atoms with E-state index in [0.717, 1.165) is 16.3 Å². The molecular formula is C24H20N2O6. The Balaban J connectivity index is 1.82. The molecule has 0 aliphatic carbocycles. The highest BCUT2D eigenvalue weighted by Gasteiger charge is 2.22. The van der Waals surface area contributed by atoms with Gasteiger partial charge in [0.05, 0.1) is 42.8 Å². The molecule has 0 unspecified atom stereocenters. The van der Waals surface area contributed by atoms with Crippen LogP contribution in [-0.4, -0.2) is 42.8 Å². The number of methoxy groups -OCH3 is 2. The van der Waals surface area contributed by atoms with Crippen LogP contribution < -0.4 is 19.8 Å². The summed E-state index contributed by atoms with van der Waals surface area (Å²) < 4.78 is 23.1. The molecule has 3 heterocycles. The second-order valence-corrected chi connectivity index (χ2v) is 7.19. The van der Waals surface area contributed by atoms with Crippen molar-refractivity contribution in [3.8, 4) is 17.2 Å². The Morgan fingerprint density at radius 3 is 2.62 bits per heavy atom. The number of hydrogen-bond acceptors (Lipinski definition) is 7. The lowest BCUT2D eigenvalue weighted by Gasteiger charge is -2.12. The number of ether oxygens (including phenoxy) is 4. The lowest BCUT2D eigenvalue weighted by Crippen LogP contribution is -2.15. The molecule has 32 heavy (non-hydrogen) atoms. The Morgan fingerprint density at radius 1 is 1.03 bits per heavy atom. The second-order valence-electron chi connectivity index (χ2n) is 7.19. The number of nitrogens with zero attached hydrogens (tertiary/aromatic N) is 2. The van der Waals surface area contributed by atoms with Crippen molar-refractivity contribution >= 4 is 44.1 Å². The quantitative estimate of drug-likeness (QED) is 0.299. The predicted molar refractivity (Wildman–Crippen MR) is 120 cm³/mol. The topological polar surface area (TPSA) is 88.4 Å². The van der Waals surface area contributed by atoms with Crippen LogP contribution in [0.15, 0.2) is 47.4 Å². The van der Waals surface area contributed by atoms with E-state index in [-0.39, 0.29) is 12.2 Å². The first-order chi connectivity index (χ1) is 15.6. The van der Waals surface area contributed by atoms with Crippen molar-refractivity contribution in [1.29, 1.82) is 0 Å². The van der Waals surface area contributed by atoms with Crippen LogP contribution in [0.1, 0.15) is 6.92 Å². The van der Waals surface area contributed by atoms with Crippen LogP contribution in [0.2, 0.25) is 0 Å². The SMILES string of the molecule is CCOC(=O)COc1ccc2c(c1)c1ccnc3c4ccc(OC)c(OC)c4c(=O)n2c13. The Hall–Kier alpha value is -4.07. The highest BCUT2D eigenvalue weighted by molar-refractivity contribution is 6.19. The molecule has 0 radical (unpaired) electrons. The van der Waals surface area contributed by atoms with Crippen LogP contribution in [0.4, 0.5) is 0 Å². The van der Waals surface area contributed by atoms with Crippen molar-refractivity contribution in [2.24, 2.45) is 0 Å². The maximum atomic E-state index is 13.7. The molecule has 2 aromatic carbocycles. The largest absolute Gasteiger partial charge is 0.493 e. The summed E-state index contributed by atoms with van der Waals surface area (Å²) in [5.41, 5.74) is 1.88. The number of benzene rings is 2. The van der Waals surface area contributed by atoms with Crippen LogP contribution in [0.3, 0.4) is 0 Å². The molecule has 162 valence electrons. The zero-order valence-corrected chi connectivity index (χ0v) is 17.8. The van der Waals surface area contributed by atoms with E-state index >= 15 is 0 Å². The Kier molecular flexibility index (Phi) is 4.70. The van der Waals surface area contributed by atoms with E-state index < -0.39 is 5.97 Å². The summed E-state index contributed by atoms with van der Waals surface area (Å²) in [6, 6.07) is 10.8. The van der Waals surface area contributed by atoms with Gasteiger partial charge in [-0.2, -0.15) is 0 Å². The van der Waals surface area contributed by atoms with Crippen molar-refractivity contribution in [1.82, 2.24) is 9.38 Å². The van der Waals surface area contributed by atoms with Gasteiger partial charge in [-0.1, -0.05) is 0 Å². The predicted octanol–water partition coefficient (Wildman–Crippen LogP) is 3.55. The number of carbonyl (C=O) groups is 1. The van der Waals surface area contributed by atoms with Crippen molar-refractivity contribution < 1.29 is 23.7 Å². The summed E-state index contributed by atoms with van der Waals surface area (Å²) in [6.07, 6.45) is 1.71. The zero-order chi connectivity index (χ0) is 22.4. The fourth-order valence-corrected chi connectivity index (χ4v) is 4.24. The summed E-state index contributed by atoms with van der Waals surface area (Å²) in [6.45, 7) is 1.85. The fraction of sp³-hybridized carbons (Fsp3) is 0.208. The van der Waals surface area contributed by atoms with Gasteiger partial charge in [0.25, 0.3) is 5.56 Å². The standard InChI is InChI=1S/C24H20N2O6/c1-4-31-19(27)12-32-13-5-7-17-16(11-13)14-9-10-25-21-15-6-8-18(29-2)23(30-3)20(15)24(28)26(17)22(14)21/h5-11H,4,12H2,1-3H3. The molecule has 3 aromatic heterocycles. The van der Waals surface area contributed by atoms with Crippen molar-refractivity contribution in [3.63, 3.8) is 0 Å². The third-order valence-corrected chi connectivity index (χ3v) is 5.53. The van der Waals surface area contributed by atoms with Gasteiger partial charge in [-0.3, -0.25) is 14.2 Å². The Morgan fingerprint density at radius 2 is 1.88 bits per heavy atom. The molecule has 0 atom stereocenters. The molecule has 0 bridgehead atoms. The van der Waals surface area contributed by atoms with Crippen LogP contribution in [0.25, 0.3) is 38.1 Å². The van der Waals surface area contributed by atoms with E-state index in [1.54, 1.807) is 35.7 Å². The first-order valence-corrected chi connectivity index (χ1v) is 10.1. The molecule has 0 aliphatic heterocycles. The molecule has 0 saturated heterocycles. The number of hydrogen-bond donors (Lipinski definition) is 0. The van der Waals surface area contributed by atoms with Gasteiger partial charge in [-0.15, -0.1) is 0 Å². The van der Waals surface area contributed by atoms with Crippen molar-refractivity contribution in [3.05, 3.63) is 52.9 Å². The summed E-state index contributed by atoms with van der Waals surface area (Å²) >= 11 is 0. The molecule has 8 heteroatoms. The lowest BCUT2D eigenvalue weighted by atomic mass is 10.1. The molecule has 0 amide bonds. The lowest BCUT2D eigenvalue weighted by molar-refractivity contribution is -0.145. The van der Waals surface area contributed by atoms with Crippen LogP contribution in [-0.2, 0) is 9.53 Å². The van der Waals surface area contributed by atoms with Gasteiger partial charge in [-0.05, 0) is 43.3 Å². The first kappa shape index (κ1) is 19.9. The number of esters is 1. The van der Waals surface area contributed by atoms with Gasteiger partial charge in [-0.25, -0.2) is 4.79 Å². The highest BCUT2D eigenvalue weighted by atomic mass is 16.6. The molecule has 0 N–H and O–H groups in total. The number of carbonyl (C=O) groups excluding carboxylic acids is 1. The summed E-state index contributed by atoms with van der Waals surface area (Å²) in [4.78, 5) is 29.9. The van der Waals surface area contributed by atoms with Crippen molar-refractivity contribution in [2.45, 2.75) is 6.92 Å². The van der Waals surface area contributed by atoms with E-state index in [9.17, 15) is 9.59 Å². The average molecular weight is 432 g/mol. The Bertz CT molecular complexity index is 1560. The average Bonchev–Trinajstić information content (AvgIpc) is 3.15. The zero-order valence-electron chi connectivity index (χ0n) is 17.8. The normalized spacial score (nSPS) is 11.5. The number of pyridine rings is 2. The monoisotopic (exact) mass is 432 g/mol. The molecule has 0 fully saturated rings. The fourth-order valence-electron chi connectivity index (χ4n) is 4.24. The molecule has 8 nitrogen and oxygen atoms in total. The van der Waals surface area contributed by atoms with Gasteiger partial charge in [0.15, 0.2) is 18.1 Å². The van der Waals surface area contributed by atoms with Gasteiger partial charge >= 0.3 is 5.97 Å².